The second-order valence-corrected chi connectivity index (χ2v) is 9.79. The van der Waals surface area contributed by atoms with E-state index >= 15 is 0 Å². The number of para-hydroxylation sites is 1. The van der Waals surface area contributed by atoms with Crippen molar-refractivity contribution in [1.29, 1.82) is 0 Å². The van der Waals surface area contributed by atoms with Crippen LogP contribution in [0.1, 0.15) is 45.4 Å². The molecule has 1 aromatic carbocycles. The molecule has 2 saturated heterocycles. The molecule has 33 heavy (non-hydrogen) atoms. The average Bonchev–Trinajstić information content (AvgIpc) is 3.41. The third-order valence-electron chi connectivity index (χ3n) is 7.65. The van der Waals surface area contributed by atoms with Crippen LogP contribution in [0.3, 0.4) is 0 Å². The summed E-state index contributed by atoms with van der Waals surface area (Å²) in [7, 11) is 0. The molecule has 0 bridgehead atoms. The van der Waals surface area contributed by atoms with Gasteiger partial charge in [0.25, 0.3) is 0 Å². The normalized spacial score (nSPS) is 27.3. The highest BCUT2D eigenvalue weighted by Crippen LogP contribution is 2.41. The summed E-state index contributed by atoms with van der Waals surface area (Å²) in [5.41, 5.74) is 2.42. The van der Waals surface area contributed by atoms with E-state index in [-0.39, 0.29) is 5.91 Å². The molecule has 3 N–H and O–H groups in total. The first-order chi connectivity index (χ1) is 16.2. The molecule has 0 radical (unpaired) electrons. The molecule has 5 rings (SSSR count). The van der Waals surface area contributed by atoms with Gasteiger partial charge in [0, 0.05) is 37.3 Å². The highest BCUT2D eigenvalue weighted by atomic mass is 16.5. The van der Waals surface area contributed by atoms with Crippen molar-refractivity contribution < 1.29 is 9.53 Å². The maximum atomic E-state index is 11.9. The minimum atomic E-state index is -0.00917. The molecule has 1 saturated carbocycles. The Morgan fingerprint density at radius 2 is 1.97 bits per heavy atom. The standard InChI is InChI=1S/C26H35N5O2/c1-2-26(32)29-22-6-4-3-5-20(22)23-7-8-25(31-30-23)28-19-14-18-16-27-24(21(18)15-19)13-17-9-11-33-12-10-17/h3-8,17-19,21,24,27H,2,9-16H2,1H3,(H,28,31)(H,29,32)/t18-,19+,21+,24+/m1/s1. The first-order valence-electron chi connectivity index (χ1n) is 12.5. The van der Waals surface area contributed by atoms with Crippen LogP contribution in [0.25, 0.3) is 11.3 Å². The highest BCUT2D eigenvalue weighted by molar-refractivity contribution is 5.94. The Bertz CT molecular complexity index is 944. The van der Waals surface area contributed by atoms with Crippen molar-refractivity contribution in [2.45, 2.75) is 57.5 Å². The second-order valence-electron chi connectivity index (χ2n) is 9.79. The fourth-order valence-corrected chi connectivity index (χ4v) is 5.87. The number of carbonyl (C=O) groups is 1. The molecule has 1 amide bonds. The molecule has 0 unspecified atom stereocenters. The number of fused-ring (bicyclic) bond motifs is 1. The maximum Gasteiger partial charge on any atom is 0.224 e. The Morgan fingerprint density at radius 3 is 2.76 bits per heavy atom. The molecule has 7 heteroatoms. The molecule has 3 aliphatic rings. The van der Waals surface area contributed by atoms with Gasteiger partial charge >= 0.3 is 0 Å². The van der Waals surface area contributed by atoms with Crippen molar-refractivity contribution in [3.63, 3.8) is 0 Å². The highest BCUT2D eigenvalue weighted by Gasteiger charge is 2.43. The van der Waals surface area contributed by atoms with E-state index in [1.54, 1.807) is 0 Å². The lowest BCUT2D eigenvalue weighted by atomic mass is 9.85. The minimum Gasteiger partial charge on any atom is -0.381 e. The maximum absolute atomic E-state index is 11.9. The molecule has 4 atom stereocenters. The van der Waals surface area contributed by atoms with Gasteiger partial charge in [-0.2, -0.15) is 0 Å². The monoisotopic (exact) mass is 449 g/mol. The summed E-state index contributed by atoms with van der Waals surface area (Å²) in [5.74, 6) is 3.14. The largest absolute Gasteiger partial charge is 0.381 e. The Balaban J connectivity index is 1.19. The second kappa shape index (κ2) is 10.2. The van der Waals surface area contributed by atoms with Crippen molar-refractivity contribution in [2.75, 3.05) is 30.4 Å². The predicted octanol–water partition coefficient (Wildman–Crippen LogP) is 4.09. The van der Waals surface area contributed by atoms with Crippen LogP contribution in [0, 0.1) is 17.8 Å². The Kier molecular flexibility index (Phi) is 6.88. The van der Waals surface area contributed by atoms with Crippen molar-refractivity contribution in [2.24, 2.45) is 17.8 Å². The summed E-state index contributed by atoms with van der Waals surface area (Å²) in [5, 5.41) is 19.3. The van der Waals surface area contributed by atoms with Gasteiger partial charge in [0.2, 0.25) is 5.91 Å². The number of nitrogens with zero attached hydrogens (tertiary/aromatic N) is 2. The van der Waals surface area contributed by atoms with Gasteiger partial charge in [0.1, 0.15) is 5.82 Å². The van der Waals surface area contributed by atoms with Crippen molar-refractivity contribution in [3.05, 3.63) is 36.4 Å². The first kappa shape index (κ1) is 22.3. The lowest BCUT2D eigenvalue weighted by Gasteiger charge is -2.27. The van der Waals surface area contributed by atoms with E-state index in [9.17, 15) is 4.79 Å². The van der Waals surface area contributed by atoms with Gasteiger partial charge in [0.15, 0.2) is 0 Å². The van der Waals surface area contributed by atoms with Crippen molar-refractivity contribution in [3.8, 4) is 11.3 Å². The average molecular weight is 450 g/mol. The number of hydrogen-bond acceptors (Lipinski definition) is 6. The minimum absolute atomic E-state index is 0.00917. The van der Waals surface area contributed by atoms with Crippen LogP contribution in [0.5, 0.6) is 0 Å². The molecule has 2 aliphatic heterocycles. The molecule has 176 valence electrons. The number of carbonyl (C=O) groups excluding carboxylic acids is 1. The first-order valence-corrected chi connectivity index (χ1v) is 12.5. The van der Waals surface area contributed by atoms with Crippen LogP contribution >= 0.6 is 0 Å². The zero-order valence-corrected chi connectivity index (χ0v) is 19.4. The zero-order valence-electron chi connectivity index (χ0n) is 19.4. The van der Waals surface area contributed by atoms with E-state index in [4.69, 9.17) is 4.74 Å². The molecule has 2 aromatic rings. The number of ether oxygens (including phenoxy) is 1. The van der Waals surface area contributed by atoms with E-state index in [1.165, 1.54) is 32.1 Å². The number of aromatic nitrogens is 2. The third-order valence-corrected chi connectivity index (χ3v) is 7.65. The fraction of sp³-hybridized carbons (Fsp3) is 0.577. The Labute approximate surface area is 196 Å². The van der Waals surface area contributed by atoms with Gasteiger partial charge in [-0.1, -0.05) is 25.1 Å². The van der Waals surface area contributed by atoms with Gasteiger partial charge in [-0.15, -0.1) is 10.2 Å². The SMILES string of the molecule is CCC(=O)Nc1ccccc1-c1ccc(N[C@H]2C[C@@H]3CN[C@@H](CC4CCOCC4)[C@H]3C2)nn1. The number of amides is 1. The zero-order chi connectivity index (χ0) is 22.6. The van der Waals surface area contributed by atoms with Crippen LogP contribution in [-0.4, -0.2) is 47.9 Å². The number of nitrogens with one attached hydrogen (secondary N) is 3. The predicted molar refractivity (Wildman–Crippen MR) is 130 cm³/mol. The fourth-order valence-electron chi connectivity index (χ4n) is 5.87. The summed E-state index contributed by atoms with van der Waals surface area (Å²) in [6, 6.07) is 12.8. The van der Waals surface area contributed by atoms with Crippen molar-refractivity contribution >= 4 is 17.4 Å². The molecule has 3 fully saturated rings. The van der Waals surface area contributed by atoms with Gasteiger partial charge in [-0.3, -0.25) is 4.79 Å². The van der Waals surface area contributed by atoms with Gasteiger partial charge < -0.3 is 20.7 Å². The molecular weight excluding hydrogens is 414 g/mol. The summed E-state index contributed by atoms with van der Waals surface area (Å²) in [4.78, 5) is 11.9. The third kappa shape index (κ3) is 5.20. The number of hydrogen-bond donors (Lipinski definition) is 3. The number of anilines is 2. The van der Waals surface area contributed by atoms with Crippen LogP contribution < -0.4 is 16.0 Å². The van der Waals surface area contributed by atoms with Crippen molar-refractivity contribution in [1.82, 2.24) is 15.5 Å². The van der Waals surface area contributed by atoms with Crippen LogP contribution in [0.2, 0.25) is 0 Å². The van der Waals surface area contributed by atoms with Gasteiger partial charge in [-0.05, 0) is 74.6 Å². The van der Waals surface area contributed by atoms with Crippen LogP contribution in [0.15, 0.2) is 36.4 Å². The van der Waals surface area contributed by atoms with Crippen LogP contribution in [-0.2, 0) is 9.53 Å². The number of rotatable bonds is 7. The van der Waals surface area contributed by atoms with E-state index in [2.05, 4.69) is 26.1 Å². The Morgan fingerprint density at radius 1 is 1.12 bits per heavy atom. The van der Waals surface area contributed by atoms with Gasteiger partial charge in [-0.25, -0.2) is 0 Å². The summed E-state index contributed by atoms with van der Waals surface area (Å²) >= 11 is 0. The molecule has 1 aliphatic carbocycles. The van der Waals surface area contributed by atoms with Gasteiger partial charge in [0.05, 0.1) is 11.4 Å². The molecule has 0 spiro atoms. The smallest absolute Gasteiger partial charge is 0.224 e. The number of benzene rings is 1. The lowest BCUT2D eigenvalue weighted by molar-refractivity contribution is -0.115. The topological polar surface area (TPSA) is 88.2 Å². The summed E-state index contributed by atoms with van der Waals surface area (Å²) < 4.78 is 5.54. The summed E-state index contributed by atoms with van der Waals surface area (Å²) in [6.45, 7) is 4.85. The molecular formula is C26H35N5O2. The van der Waals surface area contributed by atoms with E-state index < -0.39 is 0 Å². The van der Waals surface area contributed by atoms with E-state index in [0.717, 1.165) is 60.3 Å². The van der Waals surface area contributed by atoms with E-state index in [0.29, 0.717) is 18.5 Å². The summed E-state index contributed by atoms with van der Waals surface area (Å²) in [6.07, 6.45) is 6.55. The Hall–Kier alpha value is -2.51. The lowest BCUT2D eigenvalue weighted by Crippen LogP contribution is -2.33. The quantitative estimate of drug-likeness (QED) is 0.590. The van der Waals surface area contributed by atoms with Crippen LogP contribution in [0.4, 0.5) is 11.5 Å². The molecule has 7 nitrogen and oxygen atoms in total. The molecule has 3 heterocycles. The molecule has 1 aromatic heterocycles. The van der Waals surface area contributed by atoms with E-state index in [1.807, 2.05) is 43.3 Å².